The number of aliphatic carboxylic acids is 2. The van der Waals surface area contributed by atoms with Crippen molar-refractivity contribution in [3.8, 4) is 5.75 Å². The molecule has 0 aliphatic carbocycles. The third-order valence-electron chi connectivity index (χ3n) is 6.96. The van der Waals surface area contributed by atoms with Crippen molar-refractivity contribution in [2.75, 3.05) is 37.4 Å². The van der Waals surface area contributed by atoms with Crippen LogP contribution >= 0.6 is 0 Å². The summed E-state index contributed by atoms with van der Waals surface area (Å²) in [5.74, 6) is -1.91. The highest BCUT2D eigenvalue weighted by atomic mass is 16.5. The molecule has 0 radical (unpaired) electrons. The molecule has 226 valence electrons. The van der Waals surface area contributed by atoms with Crippen LogP contribution in [0.2, 0.25) is 0 Å². The Bertz CT molecular complexity index is 1280. The van der Waals surface area contributed by atoms with Crippen LogP contribution in [0.15, 0.2) is 42.5 Å². The molecule has 0 spiro atoms. The van der Waals surface area contributed by atoms with Gasteiger partial charge in [0, 0.05) is 25.3 Å². The molecule has 6 N–H and O–H groups in total. The Hall–Kier alpha value is -4.81. The molecule has 13 heteroatoms. The number of hydrogen-bond acceptors (Lipinski definition) is 6. The summed E-state index contributed by atoms with van der Waals surface area (Å²) in [6, 6.07) is 10.5. The van der Waals surface area contributed by atoms with Crippen LogP contribution in [-0.4, -0.2) is 77.8 Å². The van der Waals surface area contributed by atoms with Crippen molar-refractivity contribution in [3.05, 3.63) is 53.6 Å². The standard InChI is InChI=1S/C29H37N5O8/c1-18-5-3-4-6-22(18)32-29(41)33-23-8-7-20(13-24(23)42-2)14-25(35)34-11-9-19(10-12-34)17-30-28(40)31-21(15-26(36)37)16-27(38)39/h3-8,13,19,21H,9-12,14-17H2,1-2H3,(H,36,37)(H,38,39)(H2,30,31,40)(H2,32,33,41). The van der Waals surface area contributed by atoms with E-state index in [2.05, 4.69) is 21.3 Å². The third kappa shape index (κ3) is 9.98. The summed E-state index contributed by atoms with van der Waals surface area (Å²) in [6.07, 6.45) is 0.513. The van der Waals surface area contributed by atoms with Gasteiger partial charge in [-0.25, -0.2) is 9.59 Å². The second-order valence-corrected chi connectivity index (χ2v) is 10.2. The predicted octanol–water partition coefficient (Wildman–Crippen LogP) is 3.05. The minimum atomic E-state index is -1.20. The minimum Gasteiger partial charge on any atom is -0.495 e. The Kier molecular flexibility index (Phi) is 11.5. The maximum atomic E-state index is 13.0. The van der Waals surface area contributed by atoms with E-state index >= 15 is 0 Å². The zero-order valence-corrected chi connectivity index (χ0v) is 23.6. The predicted molar refractivity (Wildman–Crippen MR) is 155 cm³/mol. The third-order valence-corrected chi connectivity index (χ3v) is 6.96. The molecule has 13 nitrogen and oxygen atoms in total. The van der Waals surface area contributed by atoms with Crippen LogP contribution in [0.1, 0.15) is 36.8 Å². The van der Waals surface area contributed by atoms with E-state index in [4.69, 9.17) is 14.9 Å². The SMILES string of the molecule is COc1cc(CC(=O)N2CCC(CNC(=O)NC(CC(=O)O)CC(=O)O)CC2)ccc1NC(=O)Nc1ccccc1C. The van der Waals surface area contributed by atoms with Crippen molar-refractivity contribution in [2.45, 2.75) is 45.1 Å². The van der Waals surface area contributed by atoms with Crippen LogP contribution in [0.5, 0.6) is 5.75 Å². The first-order valence-electron chi connectivity index (χ1n) is 13.6. The maximum absolute atomic E-state index is 13.0. The average Bonchev–Trinajstić information content (AvgIpc) is 2.93. The van der Waals surface area contributed by atoms with Crippen molar-refractivity contribution in [2.24, 2.45) is 5.92 Å². The summed E-state index contributed by atoms with van der Waals surface area (Å²) in [5, 5.41) is 28.5. The lowest BCUT2D eigenvalue weighted by Crippen LogP contribution is -2.47. The van der Waals surface area contributed by atoms with E-state index in [0.29, 0.717) is 49.6 Å². The fraction of sp³-hybridized carbons (Fsp3) is 0.414. The first-order chi connectivity index (χ1) is 20.0. The van der Waals surface area contributed by atoms with Crippen LogP contribution in [0.3, 0.4) is 0 Å². The Labute approximate surface area is 243 Å². The lowest BCUT2D eigenvalue weighted by molar-refractivity contribution is -0.139. The van der Waals surface area contributed by atoms with Gasteiger partial charge in [0.15, 0.2) is 0 Å². The summed E-state index contributed by atoms with van der Waals surface area (Å²) in [4.78, 5) is 61.2. The fourth-order valence-electron chi connectivity index (χ4n) is 4.68. The number of hydrogen-bond donors (Lipinski definition) is 6. The highest BCUT2D eigenvalue weighted by Gasteiger charge is 2.24. The first-order valence-corrected chi connectivity index (χ1v) is 13.6. The summed E-state index contributed by atoms with van der Waals surface area (Å²) >= 11 is 0. The number of carboxylic acids is 2. The number of likely N-dealkylation sites (tertiary alicyclic amines) is 1. The van der Waals surface area contributed by atoms with Gasteiger partial charge in [0.1, 0.15) is 5.75 Å². The molecule has 1 aliphatic heterocycles. The number of benzene rings is 2. The maximum Gasteiger partial charge on any atom is 0.323 e. The van der Waals surface area contributed by atoms with Gasteiger partial charge >= 0.3 is 24.0 Å². The van der Waals surface area contributed by atoms with E-state index in [1.54, 1.807) is 29.2 Å². The molecule has 0 unspecified atom stereocenters. The van der Waals surface area contributed by atoms with Crippen LogP contribution in [0.25, 0.3) is 0 Å². The normalized spacial score (nSPS) is 13.3. The van der Waals surface area contributed by atoms with Crippen LogP contribution < -0.4 is 26.0 Å². The number of carbonyl (C=O) groups is 5. The van der Waals surface area contributed by atoms with Crippen molar-refractivity contribution in [1.29, 1.82) is 0 Å². The second-order valence-electron chi connectivity index (χ2n) is 10.2. The van der Waals surface area contributed by atoms with Crippen molar-refractivity contribution >= 4 is 41.3 Å². The zero-order valence-electron chi connectivity index (χ0n) is 23.6. The molecule has 3 rings (SSSR count). The number of carbonyl (C=O) groups excluding carboxylic acids is 3. The van der Waals surface area contributed by atoms with E-state index in [1.807, 2.05) is 25.1 Å². The highest BCUT2D eigenvalue weighted by Crippen LogP contribution is 2.27. The molecule has 42 heavy (non-hydrogen) atoms. The molecule has 1 saturated heterocycles. The number of amides is 5. The van der Waals surface area contributed by atoms with Gasteiger partial charge in [-0.1, -0.05) is 24.3 Å². The van der Waals surface area contributed by atoms with Gasteiger partial charge < -0.3 is 41.1 Å². The molecule has 2 aromatic rings. The van der Waals surface area contributed by atoms with Gasteiger partial charge in [0.05, 0.1) is 38.1 Å². The number of rotatable bonds is 12. The molecule has 0 bridgehead atoms. The molecule has 1 aliphatic rings. The molecule has 0 saturated carbocycles. The molecule has 0 aromatic heterocycles. The van der Waals surface area contributed by atoms with Gasteiger partial charge in [-0.2, -0.15) is 0 Å². The monoisotopic (exact) mass is 583 g/mol. The summed E-state index contributed by atoms with van der Waals surface area (Å²) in [6.45, 7) is 3.25. The number of para-hydroxylation sites is 1. The number of urea groups is 2. The Morgan fingerprint density at radius 1 is 0.929 bits per heavy atom. The highest BCUT2D eigenvalue weighted by molar-refractivity contribution is 6.01. The number of aryl methyl sites for hydroxylation is 1. The average molecular weight is 584 g/mol. The molecule has 5 amide bonds. The number of nitrogens with one attached hydrogen (secondary N) is 4. The topological polar surface area (TPSA) is 186 Å². The first kappa shape index (κ1) is 31.7. The lowest BCUT2D eigenvalue weighted by Gasteiger charge is -2.32. The van der Waals surface area contributed by atoms with E-state index in [9.17, 15) is 24.0 Å². The van der Waals surface area contributed by atoms with E-state index in [1.165, 1.54) is 7.11 Å². The fourth-order valence-corrected chi connectivity index (χ4v) is 4.68. The molecule has 1 heterocycles. The molecule has 2 aromatic carbocycles. The van der Waals surface area contributed by atoms with Crippen molar-refractivity contribution in [3.63, 3.8) is 0 Å². The van der Waals surface area contributed by atoms with Crippen LogP contribution in [0, 0.1) is 12.8 Å². The Balaban J connectivity index is 1.45. The second kappa shape index (κ2) is 15.3. The molecular weight excluding hydrogens is 546 g/mol. The van der Waals surface area contributed by atoms with Gasteiger partial charge in [0.2, 0.25) is 5.91 Å². The smallest absolute Gasteiger partial charge is 0.323 e. The minimum absolute atomic E-state index is 0.0515. The van der Waals surface area contributed by atoms with Crippen molar-refractivity contribution < 1.29 is 38.9 Å². The number of nitrogens with zero attached hydrogens (tertiary/aromatic N) is 1. The van der Waals surface area contributed by atoms with Gasteiger partial charge in [-0.3, -0.25) is 14.4 Å². The Morgan fingerprint density at radius 2 is 1.57 bits per heavy atom. The quantitative estimate of drug-likeness (QED) is 0.220. The molecule has 1 fully saturated rings. The molecular formula is C29H37N5O8. The van der Waals surface area contributed by atoms with Gasteiger partial charge in [0.25, 0.3) is 0 Å². The largest absolute Gasteiger partial charge is 0.495 e. The van der Waals surface area contributed by atoms with Crippen molar-refractivity contribution in [1.82, 2.24) is 15.5 Å². The summed E-state index contributed by atoms with van der Waals surface area (Å²) in [5.41, 5.74) is 2.83. The van der Waals surface area contributed by atoms with Gasteiger partial charge in [-0.15, -0.1) is 0 Å². The zero-order chi connectivity index (χ0) is 30.6. The lowest BCUT2D eigenvalue weighted by atomic mass is 9.96. The number of carboxylic acid groups (broad SMARTS) is 2. The van der Waals surface area contributed by atoms with E-state index in [0.717, 1.165) is 11.1 Å². The summed E-state index contributed by atoms with van der Waals surface area (Å²) < 4.78 is 5.44. The number of methoxy groups -OCH3 is 1. The van der Waals surface area contributed by atoms with E-state index in [-0.39, 0.29) is 18.2 Å². The van der Waals surface area contributed by atoms with E-state index < -0.39 is 42.9 Å². The Morgan fingerprint density at radius 3 is 2.19 bits per heavy atom. The van der Waals surface area contributed by atoms with Crippen LogP contribution in [-0.2, 0) is 20.8 Å². The van der Waals surface area contributed by atoms with Gasteiger partial charge in [-0.05, 0) is 55.0 Å². The van der Waals surface area contributed by atoms with Crippen LogP contribution in [0.4, 0.5) is 21.0 Å². The number of anilines is 2. The molecule has 0 atom stereocenters. The number of piperidine rings is 1. The summed E-state index contributed by atoms with van der Waals surface area (Å²) in [7, 11) is 1.49. The number of ether oxygens (including phenoxy) is 1.